The van der Waals surface area contributed by atoms with E-state index >= 15 is 0 Å². The van der Waals surface area contributed by atoms with Gasteiger partial charge in [-0.05, 0) is 31.6 Å². The van der Waals surface area contributed by atoms with Crippen molar-refractivity contribution in [1.29, 1.82) is 0 Å². The normalized spacial score (nSPS) is 27.0. The van der Waals surface area contributed by atoms with Crippen LogP contribution in [-0.4, -0.2) is 18.6 Å². The standard InChI is InChI=1S/C13H26N2/c14-10-13(11-6-5-7-11)15-12-8-3-1-2-4-9-12/h11-13,15H,1-10,14H2. The molecule has 1 atom stereocenters. The molecule has 2 fully saturated rings. The van der Waals surface area contributed by atoms with E-state index in [2.05, 4.69) is 5.32 Å². The van der Waals surface area contributed by atoms with Crippen LogP contribution in [0, 0.1) is 5.92 Å². The van der Waals surface area contributed by atoms with Crippen molar-refractivity contribution in [2.45, 2.75) is 69.9 Å². The van der Waals surface area contributed by atoms with E-state index in [1.807, 2.05) is 0 Å². The predicted molar refractivity (Wildman–Crippen MR) is 64.8 cm³/mol. The van der Waals surface area contributed by atoms with Crippen molar-refractivity contribution < 1.29 is 0 Å². The van der Waals surface area contributed by atoms with Crippen LogP contribution in [0.25, 0.3) is 0 Å². The maximum Gasteiger partial charge on any atom is 0.0221 e. The van der Waals surface area contributed by atoms with Crippen molar-refractivity contribution in [2.24, 2.45) is 11.7 Å². The van der Waals surface area contributed by atoms with Gasteiger partial charge in [0.1, 0.15) is 0 Å². The fraction of sp³-hybridized carbons (Fsp3) is 1.00. The van der Waals surface area contributed by atoms with Gasteiger partial charge in [-0.25, -0.2) is 0 Å². The van der Waals surface area contributed by atoms with Crippen LogP contribution in [0.2, 0.25) is 0 Å². The minimum absolute atomic E-state index is 0.613. The van der Waals surface area contributed by atoms with Crippen LogP contribution in [0.4, 0.5) is 0 Å². The van der Waals surface area contributed by atoms with Crippen LogP contribution in [-0.2, 0) is 0 Å². The molecule has 2 saturated carbocycles. The second-order valence-corrected chi connectivity index (χ2v) is 5.39. The van der Waals surface area contributed by atoms with E-state index in [0.717, 1.165) is 18.5 Å². The lowest BCUT2D eigenvalue weighted by Gasteiger charge is -2.36. The van der Waals surface area contributed by atoms with Crippen molar-refractivity contribution in [3.8, 4) is 0 Å². The molecule has 2 rings (SSSR count). The molecule has 2 heteroatoms. The molecule has 3 N–H and O–H groups in total. The topological polar surface area (TPSA) is 38.0 Å². The van der Waals surface area contributed by atoms with Gasteiger partial charge in [-0.3, -0.25) is 0 Å². The first-order chi connectivity index (χ1) is 7.40. The molecule has 2 aliphatic rings. The highest BCUT2D eigenvalue weighted by Gasteiger charge is 2.27. The zero-order valence-electron chi connectivity index (χ0n) is 9.88. The third-order valence-electron chi connectivity index (χ3n) is 4.28. The SMILES string of the molecule is NCC(NC1CCCCCC1)C1CCC1. The quantitative estimate of drug-likeness (QED) is 0.699. The van der Waals surface area contributed by atoms with Crippen LogP contribution >= 0.6 is 0 Å². The van der Waals surface area contributed by atoms with E-state index in [1.54, 1.807) is 0 Å². The Morgan fingerprint density at radius 2 is 1.60 bits per heavy atom. The van der Waals surface area contributed by atoms with Crippen LogP contribution in [0.1, 0.15) is 57.8 Å². The first-order valence-corrected chi connectivity index (χ1v) is 6.86. The molecule has 1 unspecified atom stereocenters. The van der Waals surface area contributed by atoms with Gasteiger partial charge in [0.2, 0.25) is 0 Å². The Labute approximate surface area is 94.0 Å². The van der Waals surface area contributed by atoms with Crippen LogP contribution in [0.5, 0.6) is 0 Å². The van der Waals surface area contributed by atoms with Gasteiger partial charge in [-0.1, -0.05) is 32.1 Å². The first kappa shape index (κ1) is 11.4. The largest absolute Gasteiger partial charge is 0.329 e. The summed E-state index contributed by atoms with van der Waals surface area (Å²) in [6, 6.07) is 1.38. The fourth-order valence-electron chi connectivity index (χ4n) is 2.99. The minimum Gasteiger partial charge on any atom is -0.329 e. The number of hydrogen-bond donors (Lipinski definition) is 2. The highest BCUT2D eigenvalue weighted by Crippen LogP contribution is 2.30. The Bertz CT molecular complexity index is 169. The van der Waals surface area contributed by atoms with E-state index in [9.17, 15) is 0 Å². The van der Waals surface area contributed by atoms with Gasteiger partial charge < -0.3 is 11.1 Å². The maximum absolute atomic E-state index is 5.88. The number of hydrogen-bond acceptors (Lipinski definition) is 2. The molecule has 0 spiro atoms. The zero-order valence-corrected chi connectivity index (χ0v) is 9.88. The lowest BCUT2D eigenvalue weighted by atomic mass is 9.79. The summed E-state index contributed by atoms with van der Waals surface area (Å²) in [5.74, 6) is 0.887. The molecule has 0 radical (unpaired) electrons. The van der Waals surface area contributed by atoms with Crippen LogP contribution in [0.3, 0.4) is 0 Å². The average molecular weight is 210 g/mol. The van der Waals surface area contributed by atoms with Gasteiger partial charge in [0.05, 0.1) is 0 Å². The summed E-state index contributed by atoms with van der Waals surface area (Å²) in [6.07, 6.45) is 12.7. The minimum atomic E-state index is 0.613. The third-order valence-corrected chi connectivity index (χ3v) is 4.28. The Morgan fingerprint density at radius 3 is 2.07 bits per heavy atom. The molecule has 88 valence electrons. The summed E-state index contributed by atoms with van der Waals surface area (Å²) >= 11 is 0. The van der Waals surface area contributed by atoms with E-state index in [1.165, 1.54) is 57.8 Å². The third kappa shape index (κ3) is 3.18. The molecule has 0 aromatic heterocycles. The summed E-state index contributed by atoms with van der Waals surface area (Å²) in [5, 5.41) is 3.82. The molecule has 15 heavy (non-hydrogen) atoms. The van der Waals surface area contributed by atoms with Gasteiger partial charge in [0.15, 0.2) is 0 Å². The Kier molecular flexibility index (Phi) is 4.45. The van der Waals surface area contributed by atoms with Crippen LogP contribution in [0.15, 0.2) is 0 Å². The number of rotatable bonds is 4. The molecule has 0 saturated heterocycles. The van der Waals surface area contributed by atoms with Gasteiger partial charge in [-0.2, -0.15) is 0 Å². The summed E-state index contributed by atoms with van der Waals surface area (Å²) in [6.45, 7) is 0.834. The summed E-state index contributed by atoms with van der Waals surface area (Å²) in [7, 11) is 0. The maximum atomic E-state index is 5.88. The lowest BCUT2D eigenvalue weighted by Crippen LogP contribution is -2.49. The molecular weight excluding hydrogens is 184 g/mol. The molecule has 0 bridgehead atoms. The van der Waals surface area contributed by atoms with Crippen molar-refractivity contribution in [3.05, 3.63) is 0 Å². The summed E-state index contributed by atoms with van der Waals surface area (Å²) < 4.78 is 0. The molecule has 2 nitrogen and oxygen atoms in total. The highest BCUT2D eigenvalue weighted by molar-refractivity contribution is 4.86. The number of nitrogens with two attached hydrogens (primary N) is 1. The monoisotopic (exact) mass is 210 g/mol. The fourth-order valence-corrected chi connectivity index (χ4v) is 2.99. The lowest BCUT2D eigenvalue weighted by molar-refractivity contribution is 0.213. The average Bonchev–Trinajstić information content (AvgIpc) is 2.42. The second-order valence-electron chi connectivity index (χ2n) is 5.39. The molecule has 0 aromatic rings. The Balaban J connectivity index is 1.76. The highest BCUT2D eigenvalue weighted by atomic mass is 15.0. The predicted octanol–water partition coefficient (Wildman–Crippen LogP) is 2.43. The van der Waals surface area contributed by atoms with Gasteiger partial charge in [-0.15, -0.1) is 0 Å². The molecule has 0 aromatic carbocycles. The van der Waals surface area contributed by atoms with Crippen LogP contribution < -0.4 is 11.1 Å². The van der Waals surface area contributed by atoms with E-state index in [0.29, 0.717) is 6.04 Å². The van der Waals surface area contributed by atoms with Gasteiger partial charge >= 0.3 is 0 Å². The van der Waals surface area contributed by atoms with Crippen molar-refractivity contribution >= 4 is 0 Å². The Morgan fingerprint density at radius 1 is 0.933 bits per heavy atom. The molecule has 0 heterocycles. The molecular formula is C13H26N2. The number of nitrogens with one attached hydrogen (secondary N) is 1. The smallest absolute Gasteiger partial charge is 0.0221 e. The zero-order chi connectivity index (χ0) is 10.5. The van der Waals surface area contributed by atoms with E-state index in [4.69, 9.17) is 5.73 Å². The Hall–Kier alpha value is -0.0800. The summed E-state index contributed by atoms with van der Waals surface area (Å²) in [4.78, 5) is 0. The van der Waals surface area contributed by atoms with Gasteiger partial charge in [0, 0.05) is 18.6 Å². The van der Waals surface area contributed by atoms with Crippen molar-refractivity contribution in [3.63, 3.8) is 0 Å². The first-order valence-electron chi connectivity index (χ1n) is 6.86. The van der Waals surface area contributed by atoms with Crippen molar-refractivity contribution in [1.82, 2.24) is 5.32 Å². The summed E-state index contributed by atoms with van der Waals surface area (Å²) in [5.41, 5.74) is 5.88. The molecule has 0 aliphatic heterocycles. The molecule has 0 amide bonds. The molecule has 2 aliphatic carbocycles. The van der Waals surface area contributed by atoms with E-state index in [-0.39, 0.29) is 0 Å². The van der Waals surface area contributed by atoms with E-state index < -0.39 is 0 Å². The van der Waals surface area contributed by atoms with Gasteiger partial charge in [0.25, 0.3) is 0 Å². The second kappa shape index (κ2) is 5.86. The van der Waals surface area contributed by atoms with Crippen molar-refractivity contribution in [2.75, 3.05) is 6.54 Å².